The molecule has 3 aromatic heterocycles. The Morgan fingerprint density at radius 3 is 2.43 bits per heavy atom. The van der Waals surface area contributed by atoms with Crippen LogP contribution in [0.1, 0.15) is 68.6 Å². The normalized spacial score (nSPS) is 15.9. The molecule has 2 fully saturated rings. The largest absolute Gasteiger partial charge is 0.461 e. The van der Waals surface area contributed by atoms with Gasteiger partial charge >= 0.3 is 5.97 Å². The first kappa shape index (κ1) is 27.7. The van der Waals surface area contributed by atoms with E-state index in [2.05, 4.69) is 65.0 Å². The van der Waals surface area contributed by atoms with E-state index in [1.54, 1.807) is 6.92 Å². The van der Waals surface area contributed by atoms with Crippen molar-refractivity contribution in [3.63, 3.8) is 0 Å². The highest BCUT2D eigenvalue weighted by Gasteiger charge is 2.25. The van der Waals surface area contributed by atoms with E-state index in [1.807, 2.05) is 23.0 Å². The third-order valence-corrected chi connectivity index (χ3v) is 8.32. The van der Waals surface area contributed by atoms with Gasteiger partial charge < -0.3 is 14.5 Å². The van der Waals surface area contributed by atoms with E-state index in [4.69, 9.17) is 14.8 Å². The Hall–Kier alpha value is -4.45. The Balaban J connectivity index is 1.47. The van der Waals surface area contributed by atoms with Gasteiger partial charge in [0.25, 0.3) is 0 Å². The lowest BCUT2D eigenvalue weighted by molar-refractivity contribution is 0.0520. The van der Waals surface area contributed by atoms with Gasteiger partial charge in [0.2, 0.25) is 0 Å². The second-order valence-corrected chi connectivity index (χ2v) is 11.4. The van der Waals surface area contributed by atoms with Gasteiger partial charge in [-0.15, -0.1) is 0 Å². The van der Waals surface area contributed by atoms with Crippen molar-refractivity contribution in [2.24, 2.45) is 5.92 Å². The molecular formula is C33H37N7O2. The number of anilines is 2. The first-order chi connectivity index (χ1) is 20.5. The Bertz CT molecular complexity index is 1620. The van der Waals surface area contributed by atoms with Gasteiger partial charge in [-0.25, -0.2) is 19.4 Å². The van der Waals surface area contributed by atoms with Crippen LogP contribution in [0.5, 0.6) is 0 Å². The standard InChI is InChI=1S/C33H37N7O2/c1-4-42-33(41)28-20-27(24-7-9-25(10-8-24)38-17-12-23(21-34)13-18-38)30-31(22(2)3)37-40(32(30)36-28)26-11-14-35-29(19-26)39-15-5-6-16-39/h7-11,14,19-20,22-23H,4-6,12-13,15-18H2,1-3H3. The average molecular weight is 564 g/mol. The number of fused-ring (bicyclic) bond motifs is 1. The summed E-state index contributed by atoms with van der Waals surface area (Å²) in [6, 6.07) is 16.7. The van der Waals surface area contributed by atoms with Crippen molar-refractivity contribution >= 4 is 28.5 Å². The summed E-state index contributed by atoms with van der Waals surface area (Å²) in [6.45, 7) is 10.1. The van der Waals surface area contributed by atoms with E-state index in [9.17, 15) is 10.1 Å². The van der Waals surface area contributed by atoms with Crippen LogP contribution in [0.3, 0.4) is 0 Å². The number of rotatable bonds is 7. The number of ether oxygens (including phenoxy) is 1. The molecule has 0 spiro atoms. The molecule has 0 atom stereocenters. The number of nitrogens with zero attached hydrogens (tertiary/aromatic N) is 7. The zero-order valence-corrected chi connectivity index (χ0v) is 24.6. The number of hydrogen-bond acceptors (Lipinski definition) is 8. The maximum absolute atomic E-state index is 13.0. The van der Waals surface area contributed by atoms with Crippen molar-refractivity contribution < 1.29 is 9.53 Å². The molecule has 9 nitrogen and oxygen atoms in total. The summed E-state index contributed by atoms with van der Waals surface area (Å²) in [4.78, 5) is 27.2. The molecule has 9 heteroatoms. The summed E-state index contributed by atoms with van der Waals surface area (Å²) in [5.74, 6) is 0.743. The maximum atomic E-state index is 13.0. The van der Waals surface area contributed by atoms with E-state index in [0.717, 1.165) is 78.4 Å². The van der Waals surface area contributed by atoms with Crippen LogP contribution in [0.25, 0.3) is 27.8 Å². The summed E-state index contributed by atoms with van der Waals surface area (Å²) >= 11 is 0. The second kappa shape index (κ2) is 11.8. The number of piperidine rings is 1. The van der Waals surface area contributed by atoms with Gasteiger partial charge in [0, 0.05) is 50.0 Å². The van der Waals surface area contributed by atoms with Gasteiger partial charge in [-0.05, 0) is 73.9 Å². The van der Waals surface area contributed by atoms with Crippen molar-refractivity contribution in [1.82, 2.24) is 19.7 Å². The molecule has 0 amide bonds. The van der Waals surface area contributed by atoms with Gasteiger partial charge in [0.1, 0.15) is 5.82 Å². The fraction of sp³-hybridized carbons (Fsp3) is 0.424. The molecule has 0 saturated carbocycles. The minimum absolute atomic E-state index is 0.128. The van der Waals surface area contributed by atoms with Gasteiger partial charge in [-0.2, -0.15) is 10.4 Å². The van der Waals surface area contributed by atoms with E-state index in [0.29, 0.717) is 5.65 Å². The number of aromatic nitrogens is 4. The van der Waals surface area contributed by atoms with E-state index in [-0.39, 0.29) is 24.1 Å². The molecule has 1 aromatic carbocycles. The average Bonchev–Trinajstić information content (AvgIpc) is 3.70. The smallest absolute Gasteiger partial charge is 0.357 e. The lowest BCUT2D eigenvalue weighted by Gasteiger charge is -2.31. The second-order valence-electron chi connectivity index (χ2n) is 11.4. The van der Waals surface area contributed by atoms with Crippen molar-refractivity contribution in [2.45, 2.75) is 52.4 Å². The van der Waals surface area contributed by atoms with E-state index in [1.165, 1.54) is 12.8 Å². The number of benzene rings is 1. The highest BCUT2D eigenvalue weighted by atomic mass is 16.5. The fourth-order valence-corrected chi connectivity index (χ4v) is 6.04. The highest BCUT2D eigenvalue weighted by Crippen LogP contribution is 2.37. The molecule has 2 aliphatic heterocycles. The topological polar surface area (TPSA) is 100 Å². The molecule has 6 rings (SSSR count). The molecule has 42 heavy (non-hydrogen) atoms. The predicted octanol–water partition coefficient (Wildman–Crippen LogP) is 6.12. The van der Waals surface area contributed by atoms with Crippen LogP contribution in [0.2, 0.25) is 0 Å². The third-order valence-electron chi connectivity index (χ3n) is 8.32. The Kier molecular flexibility index (Phi) is 7.79. The molecule has 2 saturated heterocycles. The zero-order valence-electron chi connectivity index (χ0n) is 24.6. The minimum atomic E-state index is -0.455. The first-order valence-electron chi connectivity index (χ1n) is 15.0. The number of carbonyl (C=O) groups excluding carboxylic acids is 1. The number of hydrogen-bond donors (Lipinski definition) is 0. The Labute approximate surface area is 246 Å². The van der Waals surface area contributed by atoms with Crippen LogP contribution < -0.4 is 9.80 Å². The van der Waals surface area contributed by atoms with Crippen LogP contribution in [0, 0.1) is 17.2 Å². The molecule has 216 valence electrons. The molecule has 5 heterocycles. The van der Waals surface area contributed by atoms with Crippen LogP contribution in [-0.2, 0) is 4.74 Å². The summed E-state index contributed by atoms with van der Waals surface area (Å²) < 4.78 is 7.25. The molecule has 2 aliphatic rings. The van der Waals surface area contributed by atoms with Gasteiger partial charge in [0.15, 0.2) is 11.3 Å². The summed E-state index contributed by atoms with van der Waals surface area (Å²) in [5, 5.41) is 15.3. The van der Waals surface area contributed by atoms with E-state index < -0.39 is 5.97 Å². The minimum Gasteiger partial charge on any atom is -0.461 e. The zero-order chi connectivity index (χ0) is 29.2. The monoisotopic (exact) mass is 563 g/mol. The quantitative estimate of drug-likeness (QED) is 0.248. The number of esters is 1. The predicted molar refractivity (Wildman–Crippen MR) is 164 cm³/mol. The van der Waals surface area contributed by atoms with Crippen molar-refractivity contribution in [3.05, 3.63) is 60.0 Å². The molecule has 0 unspecified atom stereocenters. The lowest BCUT2D eigenvalue weighted by Crippen LogP contribution is -2.33. The lowest BCUT2D eigenvalue weighted by atomic mass is 9.96. The molecular weight excluding hydrogens is 526 g/mol. The molecule has 0 bridgehead atoms. The fourth-order valence-electron chi connectivity index (χ4n) is 6.04. The maximum Gasteiger partial charge on any atom is 0.357 e. The first-order valence-corrected chi connectivity index (χ1v) is 15.0. The van der Waals surface area contributed by atoms with Gasteiger partial charge in [-0.1, -0.05) is 26.0 Å². The molecule has 0 N–H and O–H groups in total. The Morgan fingerprint density at radius 2 is 1.76 bits per heavy atom. The summed E-state index contributed by atoms with van der Waals surface area (Å²) in [7, 11) is 0. The van der Waals surface area contributed by atoms with Crippen LogP contribution in [-0.4, -0.2) is 58.5 Å². The number of pyridine rings is 2. The van der Waals surface area contributed by atoms with Crippen molar-refractivity contribution in [1.29, 1.82) is 5.26 Å². The SMILES string of the molecule is CCOC(=O)c1cc(-c2ccc(N3CCC(C#N)CC3)cc2)c2c(C(C)C)nn(-c3ccnc(N4CCCC4)c3)c2n1. The third kappa shape index (κ3) is 5.29. The Morgan fingerprint density at radius 1 is 1.02 bits per heavy atom. The number of carbonyl (C=O) groups is 1. The molecule has 0 aliphatic carbocycles. The molecule has 0 radical (unpaired) electrons. The van der Waals surface area contributed by atoms with Crippen LogP contribution in [0.4, 0.5) is 11.5 Å². The summed E-state index contributed by atoms with van der Waals surface area (Å²) in [6.07, 6.45) is 5.92. The van der Waals surface area contributed by atoms with Gasteiger partial charge in [0.05, 0.1) is 29.4 Å². The van der Waals surface area contributed by atoms with E-state index >= 15 is 0 Å². The van der Waals surface area contributed by atoms with Crippen LogP contribution in [0.15, 0.2) is 48.7 Å². The number of nitriles is 1. The van der Waals surface area contributed by atoms with Crippen molar-refractivity contribution in [3.8, 4) is 22.9 Å². The van der Waals surface area contributed by atoms with Gasteiger partial charge in [-0.3, -0.25) is 0 Å². The van der Waals surface area contributed by atoms with Crippen LogP contribution >= 0.6 is 0 Å². The summed E-state index contributed by atoms with van der Waals surface area (Å²) in [5.41, 5.74) is 5.69. The van der Waals surface area contributed by atoms with Crippen molar-refractivity contribution in [2.75, 3.05) is 42.6 Å². The molecule has 4 aromatic rings. The highest BCUT2D eigenvalue weighted by molar-refractivity contribution is 6.00.